The van der Waals surface area contributed by atoms with Gasteiger partial charge in [-0.3, -0.25) is 4.79 Å². The van der Waals surface area contributed by atoms with Crippen LogP contribution >= 0.6 is 0 Å². The molecule has 2 fully saturated rings. The van der Waals surface area contributed by atoms with Crippen LogP contribution in [0.3, 0.4) is 0 Å². The Morgan fingerprint density at radius 3 is 2.58 bits per heavy atom. The van der Waals surface area contributed by atoms with E-state index in [1.807, 2.05) is 6.07 Å². The Bertz CT molecular complexity index is 871. The van der Waals surface area contributed by atoms with Crippen LogP contribution in [0.1, 0.15) is 42.7 Å². The molecule has 7 heteroatoms. The number of benzene rings is 1. The second kappa shape index (κ2) is 9.22. The molecule has 0 N–H and O–H groups in total. The lowest BCUT2D eigenvalue weighted by Gasteiger charge is -2.40. The summed E-state index contributed by atoms with van der Waals surface area (Å²) in [6.07, 6.45) is 7.32. The highest BCUT2D eigenvalue weighted by molar-refractivity contribution is 5.91. The highest BCUT2D eigenvalue weighted by Crippen LogP contribution is 2.36. The Labute approximate surface area is 183 Å². The van der Waals surface area contributed by atoms with Gasteiger partial charge in [0.1, 0.15) is 0 Å². The van der Waals surface area contributed by atoms with Crippen molar-refractivity contribution in [3.8, 4) is 11.5 Å². The van der Waals surface area contributed by atoms with Crippen molar-refractivity contribution in [1.29, 1.82) is 0 Å². The number of carbonyl (C=O) groups is 1. The zero-order valence-electron chi connectivity index (χ0n) is 18.0. The molecular weight excluding hydrogens is 394 g/mol. The molecule has 0 unspecified atom stereocenters. The summed E-state index contributed by atoms with van der Waals surface area (Å²) in [6.45, 7) is 6.10. The number of fused-ring (bicyclic) bond motifs is 1. The van der Waals surface area contributed by atoms with E-state index in [9.17, 15) is 4.79 Å². The van der Waals surface area contributed by atoms with E-state index in [-0.39, 0.29) is 11.9 Å². The zero-order valence-corrected chi connectivity index (χ0v) is 18.0. The molecule has 4 heterocycles. The number of furan rings is 1. The van der Waals surface area contributed by atoms with Gasteiger partial charge in [-0.1, -0.05) is 6.42 Å². The van der Waals surface area contributed by atoms with E-state index in [0.717, 1.165) is 69.3 Å². The number of hydrogen-bond donors (Lipinski definition) is 0. The Kier molecular flexibility index (Phi) is 6.02. The second-order valence-corrected chi connectivity index (χ2v) is 8.63. The van der Waals surface area contributed by atoms with Crippen LogP contribution in [0.15, 0.2) is 41.0 Å². The average molecular weight is 426 g/mol. The van der Waals surface area contributed by atoms with Gasteiger partial charge in [-0.15, -0.1) is 0 Å². The Balaban J connectivity index is 1.24. The topological polar surface area (TPSA) is 58.4 Å². The molecule has 31 heavy (non-hydrogen) atoms. The third-order valence-electron chi connectivity index (χ3n) is 6.73. The SMILES string of the molecule is O=C(c1ccco1)N(CCN1CCCCC1)C1CCN(c2ccc3c(c2)OCO3)CC1. The predicted molar refractivity (Wildman–Crippen MR) is 118 cm³/mol. The second-order valence-electron chi connectivity index (χ2n) is 8.63. The quantitative estimate of drug-likeness (QED) is 0.705. The fraction of sp³-hybridized carbons (Fsp3) is 0.542. The standard InChI is InChI=1S/C24H31N3O4/c28-24(22-5-4-16-29-22)27(15-14-25-10-2-1-3-11-25)19-8-12-26(13-9-19)20-6-7-21-23(17-20)31-18-30-21/h4-7,16-17,19H,1-3,8-15,18H2. The lowest BCUT2D eigenvalue weighted by atomic mass is 10.0. The first-order chi connectivity index (χ1) is 15.3. The fourth-order valence-corrected chi connectivity index (χ4v) is 4.94. The van der Waals surface area contributed by atoms with Gasteiger partial charge < -0.3 is 28.6 Å². The molecule has 7 nitrogen and oxygen atoms in total. The van der Waals surface area contributed by atoms with E-state index in [2.05, 4.69) is 26.8 Å². The van der Waals surface area contributed by atoms with Crippen LogP contribution in [0.4, 0.5) is 5.69 Å². The molecule has 2 aromatic rings. The van der Waals surface area contributed by atoms with Crippen molar-refractivity contribution in [3.05, 3.63) is 42.4 Å². The summed E-state index contributed by atoms with van der Waals surface area (Å²) in [5, 5.41) is 0. The number of amides is 1. The zero-order chi connectivity index (χ0) is 21.0. The number of piperidine rings is 2. The maximum absolute atomic E-state index is 13.2. The number of rotatable bonds is 6. The first-order valence-corrected chi connectivity index (χ1v) is 11.5. The van der Waals surface area contributed by atoms with Gasteiger partial charge in [0.25, 0.3) is 5.91 Å². The molecule has 0 radical (unpaired) electrons. The fourth-order valence-electron chi connectivity index (χ4n) is 4.94. The van der Waals surface area contributed by atoms with Gasteiger partial charge in [-0.05, 0) is 63.0 Å². The first kappa shape index (κ1) is 20.2. The molecule has 166 valence electrons. The molecule has 1 aromatic carbocycles. The molecule has 1 amide bonds. The molecule has 3 aliphatic heterocycles. The Hall–Kier alpha value is -2.67. The summed E-state index contributed by atoms with van der Waals surface area (Å²) < 4.78 is 16.4. The van der Waals surface area contributed by atoms with Crippen LogP contribution < -0.4 is 14.4 Å². The van der Waals surface area contributed by atoms with Gasteiger partial charge in [0, 0.05) is 44.0 Å². The largest absolute Gasteiger partial charge is 0.459 e. The monoisotopic (exact) mass is 425 g/mol. The smallest absolute Gasteiger partial charge is 0.289 e. The number of anilines is 1. The summed E-state index contributed by atoms with van der Waals surface area (Å²) in [5.74, 6) is 2.09. The van der Waals surface area contributed by atoms with Crippen LogP contribution in [0.2, 0.25) is 0 Å². The number of likely N-dealkylation sites (tertiary alicyclic amines) is 1. The van der Waals surface area contributed by atoms with Crippen molar-refractivity contribution < 1.29 is 18.7 Å². The van der Waals surface area contributed by atoms with Gasteiger partial charge in [0.2, 0.25) is 6.79 Å². The van der Waals surface area contributed by atoms with E-state index in [1.165, 1.54) is 19.3 Å². The predicted octanol–water partition coefficient (Wildman–Crippen LogP) is 3.61. The summed E-state index contributed by atoms with van der Waals surface area (Å²) in [4.78, 5) is 20.2. The van der Waals surface area contributed by atoms with E-state index in [4.69, 9.17) is 13.9 Å². The third-order valence-corrected chi connectivity index (χ3v) is 6.73. The van der Waals surface area contributed by atoms with E-state index in [1.54, 1.807) is 18.4 Å². The van der Waals surface area contributed by atoms with Crippen molar-refractivity contribution in [2.24, 2.45) is 0 Å². The molecule has 0 aliphatic carbocycles. The highest BCUT2D eigenvalue weighted by atomic mass is 16.7. The normalized spacial score (nSPS) is 19.5. The summed E-state index contributed by atoms with van der Waals surface area (Å²) in [5.41, 5.74) is 1.15. The van der Waals surface area contributed by atoms with Crippen molar-refractivity contribution in [1.82, 2.24) is 9.80 Å². The van der Waals surface area contributed by atoms with Crippen LogP contribution in [0, 0.1) is 0 Å². The lowest BCUT2D eigenvalue weighted by molar-refractivity contribution is 0.0582. The molecule has 5 rings (SSSR count). The highest BCUT2D eigenvalue weighted by Gasteiger charge is 2.30. The van der Waals surface area contributed by atoms with E-state index < -0.39 is 0 Å². The van der Waals surface area contributed by atoms with Gasteiger partial charge in [0.15, 0.2) is 17.3 Å². The van der Waals surface area contributed by atoms with Crippen molar-refractivity contribution in [3.63, 3.8) is 0 Å². The molecular formula is C24H31N3O4. The van der Waals surface area contributed by atoms with Crippen molar-refractivity contribution in [2.45, 2.75) is 38.1 Å². The number of carbonyl (C=O) groups excluding carboxylic acids is 1. The van der Waals surface area contributed by atoms with Crippen LogP contribution in [0.25, 0.3) is 0 Å². The average Bonchev–Trinajstić information content (AvgIpc) is 3.52. The molecule has 0 bridgehead atoms. The summed E-state index contributed by atoms with van der Waals surface area (Å²) >= 11 is 0. The minimum Gasteiger partial charge on any atom is -0.459 e. The van der Waals surface area contributed by atoms with Crippen LogP contribution in [-0.4, -0.2) is 67.8 Å². The van der Waals surface area contributed by atoms with E-state index >= 15 is 0 Å². The molecule has 0 saturated carbocycles. The maximum atomic E-state index is 13.2. The molecule has 2 saturated heterocycles. The maximum Gasteiger partial charge on any atom is 0.289 e. The number of nitrogens with zero attached hydrogens (tertiary/aromatic N) is 3. The molecule has 3 aliphatic rings. The molecule has 0 spiro atoms. The minimum absolute atomic E-state index is 0.0172. The van der Waals surface area contributed by atoms with Crippen molar-refractivity contribution >= 4 is 11.6 Å². The van der Waals surface area contributed by atoms with Gasteiger partial charge >= 0.3 is 0 Å². The van der Waals surface area contributed by atoms with Gasteiger partial charge in [-0.25, -0.2) is 0 Å². The summed E-state index contributed by atoms with van der Waals surface area (Å²) in [7, 11) is 0. The Morgan fingerprint density at radius 2 is 1.81 bits per heavy atom. The Morgan fingerprint density at radius 1 is 1.00 bits per heavy atom. The van der Waals surface area contributed by atoms with Gasteiger partial charge in [0.05, 0.1) is 6.26 Å². The lowest BCUT2D eigenvalue weighted by Crippen LogP contribution is -2.50. The number of hydrogen-bond acceptors (Lipinski definition) is 6. The number of ether oxygens (including phenoxy) is 2. The van der Waals surface area contributed by atoms with Crippen LogP contribution in [-0.2, 0) is 0 Å². The summed E-state index contributed by atoms with van der Waals surface area (Å²) in [6, 6.07) is 9.93. The third kappa shape index (κ3) is 4.51. The molecule has 1 aromatic heterocycles. The van der Waals surface area contributed by atoms with E-state index in [0.29, 0.717) is 12.6 Å². The van der Waals surface area contributed by atoms with Gasteiger partial charge in [-0.2, -0.15) is 0 Å². The van der Waals surface area contributed by atoms with Crippen LogP contribution in [0.5, 0.6) is 11.5 Å². The van der Waals surface area contributed by atoms with Crippen molar-refractivity contribution in [2.75, 3.05) is 51.0 Å². The minimum atomic E-state index is 0.0172. The first-order valence-electron chi connectivity index (χ1n) is 11.5. The molecule has 0 atom stereocenters.